The van der Waals surface area contributed by atoms with Gasteiger partial charge in [0.25, 0.3) is 11.8 Å². The second kappa shape index (κ2) is 6.40. The highest BCUT2D eigenvalue weighted by Crippen LogP contribution is 2.29. The molecule has 1 amide bonds. The van der Waals surface area contributed by atoms with E-state index in [9.17, 15) is 4.79 Å². The van der Waals surface area contributed by atoms with Gasteiger partial charge in [-0.05, 0) is 38.1 Å². The average molecular weight is 343 g/mol. The van der Waals surface area contributed by atoms with Crippen LogP contribution in [0.4, 0.5) is 11.7 Å². The van der Waals surface area contributed by atoms with E-state index >= 15 is 0 Å². The van der Waals surface area contributed by atoms with Crippen LogP contribution in [0.5, 0.6) is 0 Å². The molecule has 0 saturated heterocycles. The lowest BCUT2D eigenvalue weighted by Crippen LogP contribution is -2.13. The number of nitrogens with zero attached hydrogens (tertiary/aromatic N) is 4. The first kappa shape index (κ1) is 16.1. The lowest BCUT2D eigenvalue weighted by atomic mass is 10.2. The van der Waals surface area contributed by atoms with Gasteiger partial charge >= 0.3 is 6.01 Å². The maximum Gasteiger partial charge on any atom is 0.322 e. The first-order valence-electron chi connectivity index (χ1n) is 7.30. The van der Waals surface area contributed by atoms with Crippen LogP contribution in [-0.4, -0.2) is 35.2 Å². The molecule has 0 atom stereocenters. The Morgan fingerprint density at radius 2 is 1.88 bits per heavy atom. The van der Waals surface area contributed by atoms with Crippen LogP contribution in [-0.2, 0) is 0 Å². The van der Waals surface area contributed by atoms with Gasteiger partial charge in [-0.15, -0.1) is 16.4 Å². The molecule has 8 heteroatoms. The Kier molecular flexibility index (Phi) is 4.30. The largest absolute Gasteiger partial charge is 0.402 e. The van der Waals surface area contributed by atoms with Gasteiger partial charge in [0.1, 0.15) is 4.88 Å². The summed E-state index contributed by atoms with van der Waals surface area (Å²) in [5.74, 6) is 0.0593. The van der Waals surface area contributed by atoms with Crippen LogP contribution in [0, 0.1) is 13.8 Å². The summed E-state index contributed by atoms with van der Waals surface area (Å²) in [5.41, 5.74) is 2.37. The van der Waals surface area contributed by atoms with Crippen molar-refractivity contribution in [3.63, 3.8) is 0 Å². The number of aryl methyl sites for hydroxylation is 2. The third-order valence-corrected chi connectivity index (χ3v) is 4.45. The van der Waals surface area contributed by atoms with E-state index in [0.717, 1.165) is 21.3 Å². The molecule has 0 aliphatic rings. The zero-order valence-electron chi connectivity index (χ0n) is 13.8. The molecule has 3 rings (SSSR count). The van der Waals surface area contributed by atoms with E-state index in [4.69, 9.17) is 4.42 Å². The number of thiazole rings is 1. The lowest BCUT2D eigenvalue weighted by Gasteiger charge is -2.12. The summed E-state index contributed by atoms with van der Waals surface area (Å²) in [5, 5.41) is 11.4. The molecule has 0 unspecified atom stereocenters. The molecule has 0 radical (unpaired) electrons. The van der Waals surface area contributed by atoms with Crippen molar-refractivity contribution >= 4 is 28.9 Å². The number of nitrogens with one attached hydrogen (secondary N) is 1. The van der Waals surface area contributed by atoms with Gasteiger partial charge in [0.15, 0.2) is 0 Å². The Bertz CT molecular complexity index is 867. The fourth-order valence-corrected chi connectivity index (χ4v) is 3.02. The van der Waals surface area contributed by atoms with E-state index in [1.807, 2.05) is 45.0 Å². The zero-order valence-corrected chi connectivity index (χ0v) is 14.6. The van der Waals surface area contributed by atoms with Gasteiger partial charge in [-0.2, -0.15) is 0 Å². The van der Waals surface area contributed by atoms with Gasteiger partial charge in [-0.25, -0.2) is 4.98 Å². The van der Waals surface area contributed by atoms with Gasteiger partial charge < -0.3 is 9.32 Å². The monoisotopic (exact) mass is 343 g/mol. The maximum absolute atomic E-state index is 12.2. The van der Waals surface area contributed by atoms with E-state index in [1.165, 1.54) is 11.3 Å². The fourth-order valence-electron chi connectivity index (χ4n) is 2.18. The van der Waals surface area contributed by atoms with Crippen molar-refractivity contribution in [1.82, 2.24) is 15.2 Å². The van der Waals surface area contributed by atoms with Crippen molar-refractivity contribution < 1.29 is 9.21 Å². The second-order valence-electron chi connectivity index (χ2n) is 5.46. The molecule has 7 nitrogen and oxygen atoms in total. The summed E-state index contributed by atoms with van der Waals surface area (Å²) in [6.45, 7) is 3.80. The smallest absolute Gasteiger partial charge is 0.322 e. The number of rotatable bonds is 4. The van der Waals surface area contributed by atoms with E-state index < -0.39 is 0 Å². The fraction of sp³-hybridized carbons (Fsp3) is 0.250. The number of hydrogen-bond donors (Lipinski definition) is 1. The van der Waals surface area contributed by atoms with Crippen LogP contribution in [0.1, 0.15) is 21.1 Å². The summed E-state index contributed by atoms with van der Waals surface area (Å²) in [6, 6.07) is 7.31. The molecule has 0 fully saturated rings. The van der Waals surface area contributed by atoms with E-state index in [1.54, 1.807) is 12.1 Å². The van der Waals surface area contributed by atoms with E-state index in [-0.39, 0.29) is 11.9 Å². The zero-order chi connectivity index (χ0) is 17.3. The summed E-state index contributed by atoms with van der Waals surface area (Å²) < 4.78 is 5.53. The van der Waals surface area contributed by atoms with Gasteiger partial charge in [0, 0.05) is 25.3 Å². The molecule has 0 aliphatic carbocycles. The van der Waals surface area contributed by atoms with Crippen molar-refractivity contribution in [3.8, 4) is 10.8 Å². The third kappa shape index (κ3) is 3.28. The number of carbonyl (C=O) groups excluding carboxylic acids is 1. The Morgan fingerprint density at radius 1 is 1.17 bits per heavy atom. The summed E-state index contributed by atoms with van der Waals surface area (Å²) in [7, 11) is 3.89. The molecule has 24 heavy (non-hydrogen) atoms. The van der Waals surface area contributed by atoms with Crippen LogP contribution in [0.25, 0.3) is 10.8 Å². The summed E-state index contributed by atoms with van der Waals surface area (Å²) in [6.07, 6.45) is 0. The highest BCUT2D eigenvalue weighted by molar-refractivity contribution is 7.15. The minimum Gasteiger partial charge on any atom is -0.402 e. The minimum atomic E-state index is -0.298. The predicted octanol–water partition coefficient (Wildman–Crippen LogP) is 3.13. The van der Waals surface area contributed by atoms with Crippen molar-refractivity contribution in [2.24, 2.45) is 0 Å². The highest BCUT2D eigenvalue weighted by atomic mass is 32.1. The van der Waals surface area contributed by atoms with Crippen molar-refractivity contribution in [2.45, 2.75) is 13.8 Å². The number of hydrogen-bond acceptors (Lipinski definition) is 7. The quantitative estimate of drug-likeness (QED) is 0.783. The van der Waals surface area contributed by atoms with E-state index in [0.29, 0.717) is 11.5 Å². The standard InChI is InChI=1S/C16H17N5O2S/c1-9-13(24-10(2)17-9)15-19-20-16(23-15)18-14(22)11-5-7-12(8-6-11)21(3)4/h5-8H,1-4H3,(H,18,20,22). The van der Waals surface area contributed by atoms with Gasteiger partial charge in [0.05, 0.1) is 10.7 Å². The first-order valence-corrected chi connectivity index (χ1v) is 8.12. The molecule has 1 N–H and O–H groups in total. The average Bonchev–Trinajstić information content (AvgIpc) is 3.13. The topological polar surface area (TPSA) is 84.2 Å². The van der Waals surface area contributed by atoms with Crippen LogP contribution < -0.4 is 10.2 Å². The van der Waals surface area contributed by atoms with Crippen molar-refractivity contribution in [3.05, 3.63) is 40.5 Å². The predicted molar refractivity (Wildman–Crippen MR) is 93.6 cm³/mol. The van der Waals surface area contributed by atoms with Crippen LogP contribution in [0.2, 0.25) is 0 Å². The van der Waals surface area contributed by atoms with E-state index in [2.05, 4.69) is 20.5 Å². The normalized spacial score (nSPS) is 10.7. The molecule has 0 aliphatic heterocycles. The van der Waals surface area contributed by atoms with Gasteiger partial charge in [-0.3, -0.25) is 10.1 Å². The molecule has 3 aromatic rings. The molecule has 0 bridgehead atoms. The first-order chi connectivity index (χ1) is 11.4. The highest BCUT2D eigenvalue weighted by Gasteiger charge is 2.16. The number of anilines is 2. The van der Waals surface area contributed by atoms with Crippen molar-refractivity contribution in [1.29, 1.82) is 0 Å². The Balaban J connectivity index is 1.74. The Hall–Kier alpha value is -2.74. The van der Waals surface area contributed by atoms with Crippen molar-refractivity contribution in [2.75, 3.05) is 24.3 Å². The molecule has 0 spiro atoms. The van der Waals surface area contributed by atoms with Crippen LogP contribution in [0.15, 0.2) is 28.7 Å². The number of benzene rings is 1. The third-order valence-electron chi connectivity index (χ3n) is 3.39. The SMILES string of the molecule is Cc1nc(C)c(-c2nnc(NC(=O)c3ccc(N(C)C)cc3)o2)s1. The number of carbonyl (C=O) groups is 1. The lowest BCUT2D eigenvalue weighted by molar-refractivity contribution is 0.102. The molecule has 2 heterocycles. The Labute approximate surface area is 143 Å². The minimum absolute atomic E-state index is 0.0668. The number of amides is 1. The Morgan fingerprint density at radius 3 is 2.46 bits per heavy atom. The van der Waals surface area contributed by atoms with Gasteiger partial charge in [-0.1, -0.05) is 5.10 Å². The summed E-state index contributed by atoms with van der Waals surface area (Å²) in [4.78, 5) is 19.4. The van der Waals surface area contributed by atoms with Gasteiger partial charge in [0.2, 0.25) is 0 Å². The molecule has 2 aromatic heterocycles. The van der Waals surface area contributed by atoms with Crippen LogP contribution in [0.3, 0.4) is 0 Å². The molecule has 124 valence electrons. The molecular formula is C16H17N5O2S. The molecular weight excluding hydrogens is 326 g/mol. The van der Waals surface area contributed by atoms with Crippen LogP contribution >= 0.6 is 11.3 Å². The molecule has 0 saturated carbocycles. The number of aromatic nitrogens is 3. The maximum atomic E-state index is 12.2. The molecule has 1 aromatic carbocycles. The summed E-state index contributed by atoms with van der Waals surface area (Å²) >= 11 is 1.48. The second-order valence-corrected chi connectivity index (χ2v) is 6.66.